The monoisotopic (exact) mass is 405 g/mol. The molecule has 0 amide bonds. The van der Waals surface area contributed by atoms with Gasteiger partial charge in [-0.3, -0.25) is 4.68 Å². The second-order valence-corrected chi connectivity index (χ2v) is 6.92. The minimum absolute atomic E-state index is 0.0511. The molecule has 0 saturated carbocycles. The van der Waals surface area contributed by atoms with Crippen molar-refractivity contribution in [1.82, 2.24) is 24.7 Å². The Balaban J connectivity index is 1.99. The van der Waals surface area contributed by atoms with Crippen LogP contribution >= 0.6 is 0 Å². The van der Waals surface area contributed by atoms with Crippen LogP contribution in [0.2, 0.25) is 0 Å². The Hall–Kier alpha value is -4.14. The molecule has 0 radical (unpaired) electrons. The first kappa shape index (κ1) is 19.2. The summed E-state index contributed by atoms with van der Waals surface area (Å²) in [6, 6.07) is 5.90. The first-order valence-corrected chi connectivity index (χ1v) is 9.05. The van der Waals surface area contributed by atoms with Gasteiger partial charge in [-0.25, -0.2) is 15.0 Å². The number of hydrogen-bond donors (Lipinski definition) is 4. The highest BCUT2D eigenvalue weighted by atomic mass is 16.3. The molecule has 4 aromatic rings. The van der Waals surface area contributed by atoms with Gasteiger partial charge < -0.3 is 20.4 Å². The van der Waals surface area contributed by atoms with Gasteiger partial charge in [0.1, 0.15) is 23.0 Å². The van der Waals surface area contributed by atoms with Crippen molar-refractivity contribution in [2.24, 2.45) is 7.05 Å². The zero-order valence-corrected chi connectivity index (χ0v) is 16.5. The van der Waals surface area contributed by atoms with E-state index < -0.39 is 0 Å². The summed E-state index contributed by atoms with van der Waals surface area (Å²) in [5, 5.41) is 44.9. The number of aromatic hydroxyl groups is 4. The van der Waals surface area contributed by atoms with Crippen LogP contribution in [0.3, 0.4) is 0 Å². The van der Waals surface area contributed by atoms with Crippen molar-refractivity contribution in [2.75, 3.05) is 0 Å². The Morgan fingerprint density at radius 1 is 0.700 bits per heavy atom. The number of hydrogen-bond acceptors (Lipinski definition) is 8. The smallest absolute Gasteiger partial charge is 0.167 e. The van der Waals surface area contributed by atoms with Gasteiger partial charge in [0, 0.05) is 24.4 Å². The standard InChI is InChI=1S/C21H19N5O4/c1-10-15(27)6-4-13(17(10)29)20-23-19(12-8-22-26(3)9-12)24-21(25-20)14-5-7-16(28)11(2)18(14)30/h4-9,27-30H,1-3H3. The van der Waals surface area contributed by atoms with Crippen molar-refractivity contribution in [2.45, 2.75) is 13.8 Å². The quantitative estimate of drug-likeness (QED) is 0.408. The molecular weight excluding hydrogens is 386 g/mol. The van der Waals surface area contributed by atoms with E-state index in [-0.39, 0.29) is 34.6 Å². The van der Waals surface area contributed by atoms with Crippen LogP contribution in [-0.2, 0) is 7.05 Å². The average Bonchev–Trinajstić information content (AvgIpc) is 3.16. The summed E-state index contributed by atoms with van der Waals surface area (Å²) in [5.41, 5.74) is 1.80. The zero-order chi connectivity index (χ0) is 21.6. The molecule has 9 heteroatoms. The highest BCUT2D eigenvalue weighted by Gasteiger charge is 2.20. The molecule has 0 spiro atoms. The van der Waals surface area contributed by atoms with Crippen LogP contribution in [0.15, 0.2) is 36.7 Å². The van der Waals surface area contributed by atoms with Crippen LogP contribution in [0.4, 0.5) is 0 Å². The van der Waals surface area contributed by atoms with E-state index >= 15 is 0 Å². The minimum Gasteiger partial charge on any atom is -0.508 e. The van der Waals surface area contributed by atoms with E-state index in [0.717, 1.165) is 0 Å². The number of aromatic nitrogens is 5. The Labute approximate surface area is 171 Å². The topological polar surface area (TPSA) is 137 Å². The van der Waals surface area contributed by atoms with Gasteiger partial charge >= 0.3 is 0 Å². The number of phenols is 4. The van der Waals surface area contributed by atoms with Crippen molar-refractivity contribution in [1.29, 1.82) is 0 Å². The maximum Gasteiger partial charge on any atom is 0.167 e. The number of rotatable bonds is 3. The molecule has 2 aromatic carbocycles. The third-order valence-electron chi connectivity index (χ3n) is 4.89. The fraction of sp³-hybridized carbons (Fsp3) is 0.143. The molecule has 152 valence electrons. The highest BCUT2D eigenvalue weighted by Crippen LogP contribution is 2.38. The third kappa shape index (κ3) is 3.16. The lowest BCUT2D eigenvalue weighted by Crippen LogP contribution is -2.01. The van der Waals surface area contributed by atoms with Crippen LogP contribution in [-0.4, -0.2) is 45.2 Å². The van der Waals surface area contributed by atoms with Gasteiger partial charge in [0.25, 0.3) is 0 Å². The van der Waals surface area contributed by atoms with E-state index in [4.69, 9.17) is 0 Å². The highest BCUT2D eigenvalue weighted by molar-refractivity contribution is 5.74. The molecule has 2 heterocycles. The van der Waals surface area contributed by atoms with E-state index in [1.807, 2.05) is 0 Å². The lowest BCUT2D eigenvalue weighted by atomic mass is 10.1. The van der Waals surface area contributed by atoms with Crippen LogP contribution in [0.25, 0.3) is 34.2 Å². The van der Waals surface area contributed by atoms with E-state index in [0.29, 0.717) is 33.6 Å². The summed E-state index contributed by atoms with van der Waals surface area (Å²) in [6.45, 7) is 3.15. The Morgan fingerprint density at radius 2 is 1.17 bits per heavy atom. The summed E-state index contributed by atoms with van der Waals surface area (Å²) >= 11 is 0. The van der Waals surface area contributed by atoms with Crippen LogP contribution < -0.4 is 0 Å². The van der Waals surface area contributed by atoms with Crippen molar-refractivity contribution in [3.8, 4) is 57.2 Å². The lowest BCUT2D eigenvalue weighted by Gasteiger charge is -2.12. The molecule has 30 heavy (non-hydrogen) atoms. The molecule has 0 aliphatic heterocycles. The van der Waals surface area contributed by atoms with E-state index in [1.54, 1.807) is 38.0 Å². The van der Waals surface area contributed by atoms with Gasteiger partial charge in [-0.2, -0.15) is 5.10 Å². The molecule has 2 aromatic heterocycles. The van der Waals surface area contributed by atoms with E-state index in [1.165, 1.54) is 24.3 Å². The average molecular weight is 405 g/mol. The van der Waals surface area contributed by atoms with Crippen molar-refractivity contribution in [3.05, 3.63) is 47.8 Å². The lowest BCUT2D eigenvalue weighted by molar-refractivity contribution is 0.443. The van der Waals surface area contributed by atoms with Gasteiger partial charge in [0.05, 0.1) is 22.9 Å². The molecule has 0 atom stereocenters. The summed E-state index contributed by atoms with van der Waals surface area (Å²) in [7, 11) is 1.76. The number of aryl methyl sites for hydroxylation is 1. The van der Waals surface area contributed by atoms with Gasteiger partial charge in [-0.15, -0.1) is 0 Å². The minimum atomic E-state index is -0.157. The summed E-state index contributed by atoms with van der Waals surface area (Å²) in [4.78, 5) is 13.4. The fourth-order valence-electron chi connectivity index (χ4n) is 3.02. The van der Waals surface area contributed by atoms with Gasteiger partial charge in [-0.05, 0) is 38.1 Å². The van der Waals surface area contributed by atoms with Gasteiger partial charge in [0.15, 0.2) is 17.5 Å². The SMILES string of the molecule is Cc1c(O)ccc(-c2nc(-c3cnn(C)c3)nc(-c3ccc(O)c(C)c3O)n2)c1O. The first-order chi connectivity index (χ1) is 14.3. The molecule has 0 aliphatic carbocycles. The van der Waals surface area contributed by atoms with Crippen LogP contribution in [0, 0.1) is 13.8 Å². The normalized spacial score (nSPS) is 11.0. The predicted octanol–water partition coefficient (Wildman–Crippen LogP) is 3.05. The zero-order valence-electron chi connectivity index (χ0n) is 16.5. The maximum atomic E-state index is 10.5. The Morgan fingerprint density at radius 3 is 1.60 bits per heavy atom. The largest absolute Gasteiger partial charge is 0.508 e. The van der Waals surface area contributed by atoms with Crippen LogP contribution in [0.1, 0.15) is 11.1 Å². The van der Waals surface area contributed by atoms with Gasteiger partial charge in [0.2, 0.25) is 0 Å². The third-order valence-corrected chi connectivity index (χ3v) is 4.89. The number of phenolic OH excluding ortho intramolecular Hbond substituents is 4. The van der Waals surface area contributed by atoms with Crippen molar-refractivity contribution >= 4 is 0 Å². The fourth-order valence-corrected chi connectivity index (χ4v) is 3.02. The molecule has 0 aliphatic rings. The Kier molecular flexibility index (Phi) is 4.50. The summed E-state index contributed by atoms with van der Waals surface area (Å²) in [6.07, 6.45) is 3.32. The second-order valence-electron chi connectivity index (χ2n) is 6.92. The van der Waals surface area contributed by atoms with Crippen molar-refractivity contribution in [3.63, 3.8) is 0 Å². The first-order valence-electron chi connectivity index (χ1n) is 9.05. The molecular formula is C21H19N5O4. The second kappa shape index (κ2) is 7.03. The molecule has 4 N–H and O–H groups in total. The van der Waals surface area contributed by atoms with Crippen molar-refractivity contribution < 1.29 is 20.4 Å². The van der Waals surface area contributed by atoms with Crippen LogP contribution in [0.5, 0.6) is 23.0 Å². The Bertz CT molecular complexity index is 1210. The molecule has 0 bridgehead atoms. The number of nitrogens with zero attached hydrogens (tertiary/aromatic N) is 5. The molecule has 9 nitrogen and oxygen atoms in total. The number of benzene rings is 2. The predicted molar refractivity (Wildman–Crippen MR) is 109 cm³/mol. The van der Waals surface area contributed by atoms with E-state index in [9.17, 15) is 20.4 Å². The molecule has 0 fully saturated rings. The van der Waals surface area contributed by atoms with Gasteiger partial charge in [-0.1, -0.05) is 0 Å². The van der Waals surface area contributed by atoms with E-state index in [2.05, 4.69) is 20.1 Å². The molecule has 0 saturated heterocycles. The summed E-state index contributed by atoms with van der Waals surface area (Å²) < 4.78 is 1.60. The maximum absolute atomic E-state index is 10.5. The molecule has 4 rings (SSSR count). The summed E-state index contributed by atoms with van der Waals surface area (Å²) in [5.74, 6) is 0.188. The molecule has 0 unspecified atom stereocenters.